The molecule has 2 heterocycles. The molecular weight excluding hydrogens is 328 g/mol. The van der Waals surface area contributed by atoms with Crippen LogP contribution in [0.4, 0.5) is 4.79 Å². The van der Waals surface area contributed by atoms with Gasteiger partial charge < -0.3 is 9.73 Å². The van der Waals surface area contributed by atoms with E-state index < -0.39 is 11.9 Å². The van der Waals surface area contributed by atoms with E-state index in [1.165, 1.54) is 18.0 Å². The number of rotatable bonds is 5. The third-order valence-electron chi connectivity index (χ3n) is 3.13. The Labute approximate surface area is 141 Å². The number of fused-ring (bicyclic) bond motifs is 1. The van der Waals surface area contributed by atoms with Crippen molar-refractivity contribution in [1.29, 1.82) is 0 Å². The van der Waals surface area contributed by atoms with Crippen LogP contribution in [0.25, 0.3) is 10.8 Å². The average molecular weight is 342 g/mol. The molecule has 2 N–H and O–H groups in total. The molecular formula is C16H14N4O3S. The van der Waals surface area contributed by atoms with Crippen molar-refractivity contribution in [3.05, 3.63) is 54.6 Å². The molecule has 0 saturated heterocycles. The van der Waals surface area contributed by atoms with Gasteiger partial charge in [0.1, 0.15) is 10.8 Å². The third-order valence-corrected chi connectivity index (χ3v) is 4.11. The van der Waals surface area contributed by atoms with E-state index in [1.807, 2.05) is 24.3 Å². The average Bonchev–Trinajstić information content (AvgIpc) is 3.11. The molecule has 0 fully saturated rings. The summed E-state index contributed by atoms with van der Waals surface area (Å²) in [6.07, 6.45) is 3.18. The molecule has 0 aliphatic heterocycles. The molecule has 0 aliphatic carbocycles. The van der Waals surface area contributed by atoms with Gasteiger partial charge in [-0.25, -0.2) is 4.79 Å². The van der Waals surface area contributed by atoms with Gasteiger partial charge in [0.05, 0.1) is 24.8 Å². The fourth-order valence-corrected chi connectivity index (χ4v) is 2.82. The minimum atomic E-state index is -0.569. The Morgan fingerprint density at radius 3 is 2.88 bits per heavy atom. The molecule has 2 aromatic heterocycles. The van der Waals surface area contributed by atoms with Crippen LogP contribution < -0.4 is 10.6 Å². The maximum absolute atomic E-state index is 11.9. The second-order valence-corrected chi connectivity index (χ2v) is 5.80. The lowest BCUT2D eigenvalue weighted by Gasteiger charge is -2.06. The normalized spacial score (nSPS) is 10.5. The first kappa shape index (κ1) is 16.0. The van der Waals surface area contributed by atoms with Crippen molar-refractivity contribution in [3.63, 3.8) is 0 Å². The van der Waals surface area contributed by atoms with E-state index in [0.29, 0.717) is 10.8 Å². The number of imide groups is 1. The van der Waals surface area contributed by atoms with E-state index in [4.69, 9.17) is 4.42 Å². The smallest absolute Gasteiger partial charge is 0.321 e. The highest BCUT2D eigenvalue weighted by Gasteiger charge is 2.11. The lowest BCUT2D eigenvalue weighted by molar-refractivity contribution is -0.117. The van der Waals surface area contributed by atoms with Crippen LogP contribution in [0.1, 0.15) is 5.76 Å². The first-order chi connectivity index (χ1) is 11.7. The summed E-state index contributed by atoms with van der Waals surface area (Å²) < 4.78 is 5.09. The molecule has 0 unspecified atom stereocenters. The van der Waals surface area contributed by atoms with E-state index in [9.17, 15) is 9.59 Å². The molecule has 7 nitrogen and oxygen atoms in total. The van der Waals surface area contributed by atoms with Crippen LogP contribution in [0.5, 0.6) is 0 Å². The number of nitrogens with one attached hydrogen (secondary N) is 2. The molecule has 0 atom stereocenters. The molecule has 3 rings (SSSR count). The van der Waals surface area contributed by atoms with Crippen LogP contribution in [0.2, 0.25) is 0 Å². The summed E-state index contributed by atoms with van der Waals surface area (Å²) in [6.45, 7) is 0.216. The van der Waals surface area contributed by atoms with E-state index in [-0.39, 0.29) is 12.3 Å². The fourth-order valence-electron chi connectivity index (χ4n) is 2.03. The number of thioether (sulfide) groups is 1. The van der Waals surface area contributed by atoms with Gasteiger partial charge in [0.15, 0.2) is 0 Å². The number of hydrogen-bond donors (Lipinski definition) is 2. The monoisotopic (exact) mass is 342 g/mol. The molecule has 0 radical (unpaired) electrons. The molecule has 0 aliphatic rings. The highest BCUT2D eigenvalue weighted by molar-refractivity contribution is 8.00. The maximum Gasteiger partial charge on any atom is 0.321 e. The summed E-state index contributed by atoms with van der Waals surface area (Å²) in [5.41, 5.74) is 0. The molecule has 3 amide bonds. The van der Waals surface area contributed by atoms with Crippen molar-refractivity contribution in [2.75, 3.05) is 5.75 Å². The number of furan rings is 1. The molecule has 0 saturated carbocycles. The van der Waals surface area contributed by atoms with Gasteiger partial charge >= 0.3 is 6.03 Å². The van der Waals surface area contributed by atoms with Crippen molar-refractivity contribution in [2.24, 2.45) is 0 Å². The Morgan fingerprint density at radius 1 is 1.17 bits per heavy atom. The number of amides is 3. The number of hydrogen-bond acceptors (Lipinski definition) is 6. The number of carbonyl (C=O) groups excluding carboxylic acids is 2. The van der Waals surface area contributed by atoms with E-state index in [1.54, 1.807) is 18.3 Å². The van der Waals surface area contributed by atoms with E-state index >= 15 is 0 Å². The largest absolute Gasteiger partial charge is 0.467 e. The molecule has 1 aromatic carbocycles. The van der Waals surface area contributed by atoms with Crippen LogP contribution in [-0.2, 0) is 11.3 Å². The SMILES string of the molecule is O=C(CSc1nncc2ccccc12)NC(=O)NCc1ccco1. The van der Waals surface area contributed by atoms with Gasteiger partial charge in [0, 0.05) is 10.8 Å². The van der Waals surface area contributed by atoms with Crippen molar-refractivity contribution in [3.8, 4) is 0 Å². The van der Waals surface area contributed by atoms with Gasteiger partial charge in [0.2, 0.25) is 5.91 Å². The van der Waals surface area contributed by atoms with Crippen LogP contribution in [0.3, 0.4) is 0 Å². The van der Waals surface area contributed by atoms with Gasteiger partial charge in [-0.15, -0.1) is 5.10 Å². The van der Waals surface area contributed by atoms with Gasteiger partial charge in [-0.2, -0.15) is 5.10 Å². The first-order valence-corrected chi connectivity index (χ1v) is 8.14. The Hall–Kier alpha value is -2.87. The van der Waals surface area contributed by atoms with Gasteiger partial charge in [-0.1, -0.05) is 36.0 Å². The van der Waals surface area contributed by atoms with E-state index in [2.05, 4.69) is 20.8 Å². The standard InChI is InChI=1S/C16H14N4O3S/c21-14(19-16(22)17-9-12-5-3-7-23-12)10-24-15-13-6-2-1-4-11(13)8-18-20-15/h1-8H,9-10H2,(H2,17,19,21,22). The highest BCUT2D eigenvalue weighted by atomic mass is 32.2. The van der Waals surface area contributed by atoms with Gasteiger partial charge in [-0.05, 0) is 12.1 Å². The summed E-state index contributed by atoms with van der Waals surface area (Å²) in [7, 11) is 0. The lowest BCUT2D eigenvalue weighted by atomic mass is 10.2. The molecule has 24 heavy (non-hydrogen) atoms. The topological polar surface area (TPSA) is 97.1 Å². The molecule has 0 bridgehead atoms. The van der Waals surface area contributed by atoms with Crippen molar-refractivity contribution in [1.82, 2.24) is 20.8 Å². The number of aromatic nitrogens is 2. The van der Waals surface area contributed by atoms with Crippen LogP contribution >= 0.6 is 11.8 Å². The summed E-state index contributed by atoms with van der Waals surface area (Å²) in [4.78, 5) is 23.5. The Bertz CT molecular complexity index is 846. The number of carbonyl (C=O) groups is 2. The van der Waals surface area contributed by atoms with Crippen molar-refractivity contribution >= 4 is 34.5 Å². The summed E-state index contributed by atoms with van der Waals surface area (Å²) >= 11 is 1.23. The summed E-state index contributed by atoms with van der Waals surface area (Å²) in [5, 5.41) is 15.3. The van der Waals surface area contributed by atoms with Gasteiger partial charge in [0.25, 0.3) is 0 Å². The minimum Gasteiger partial charge on any atom is -0.467 e. The van der Waals surface area contributed by atoms with Crippen LogP contribution in [0, 0.1) is 0 Å². The Balaban J connectivity index is 1.50. The molecule has 8 heteroatoms. The fraction of sp³-hybridized carbons (Fsp3) is 0.125. The quantitative estimate of drug-likeness (QED) is 0.691. The predicted molar refractivity (Wildman–Crippen MR) is 89.3 cm³/mol. The first-order valence-electron chi connectivity index (χ1n) is 7.15. The third kappa shape index (κ3) is 4.11. The van der Waals surface area contributed by atoms with E-state index in [0.717, 1.165) is 10.8 Å². The van der Waals surface area contributed by atoms with Crippen molar-refractivity contribution < 1.29 is 14.0 Å². The molecule has 122 valence electrons. The zero-order valence-electron chi connectivity index (χ0n) is 12.6. The molecule has 0 spiro atoms. The maximum atomic E-state index is 11.9. The number of nitrogens with zero attached hydrogens (tertiary/aromatic N) is 2. The Kier molecular flexibility index (Phi) is 5.07. The highest BCUT2D eigenvalue weighted by Crippen LogP contribution is 2.24. The zero-order valence-corrected chi connectivity index (χ0v) is 13.4. The number of urea groups is 1. The summed E-state index contributed by atoms with van der Waals surface area (Å²) in [6, 6.07) is 10.5. The predicted octanol–water partition coefficient (Wildman–Crippen LogP) is 2.34. The van der Waals surface area contributed by atoms with Crippen LogP contribution in [-0.4, -0.2) is 27.9 Å². The van der Waals surface area contributed by atoms with Crippen molar-refractivity contribution in [2.45, 2.75) is 11.6 Å². The molecule has 3 aromatic rings. The number of benzene rings is 1. The van der Waals surface area contributed by atoms with Crippen LogP contribution in [0.15, 0.2) is 58.3 Å². The Morgan fingerprint density at radius 2 is 2.04 bits per heavy atom. The van der Waals surface area contributed by atoms with Gasteiger partial charge in [-0.3, -0.25) is 10.1 Å². The summed E-state index contributed by atoms with van der Waals surface area (Å²) in [5.74, 6) is 0.265. The zero-order chi connectivity index (χ0) is 16.8. The second-order valence-electron chi connectivity index (χ2n) is 4.84. The second kappa shape index (κ2) is 7.60. The lowest BCUT2D eigenvalue weighted by Crippen LogP contribution is -2.39. The minimum absolute atomic E-state index is 0.0663.